The van der Waals surface area contributed by atoms with Crippen molar-refractivity contribution < 1.29 is 9.59 Å². The lowest BCUT2D eigenvalue weighted by Crippen LogP contribution is -2.37. The molecule has 1 aromatic heterocycles. The zero-order valence-electron chi connectivity index (χ0n) is 9.27. The molecule has 0 radical (unpaired) electrons. The predicted octanol–water partition coefficient (Wildman–Crippen LogP) is 1.40. The van der Waals surface area contributed by atoms with Crippen LogP contribution in [0.4, 0.5) is 0 Å². The highest BCUT2D eigenvalue weighted by atomic mass is 16.2. The van der Waals surface area contributed by atoms with Crippen molar-refractivity contribution in [1.82, 2.24) is 14.9 Å². The third-order valence-corrected chi connectivity index (χ3v) is 2.87. The summed E-state index contributed by atoms with van der Waals surface area (Å²) < 4.78 is 0. The molecule has 1 aromatic rings. The highest BCUT2D eigenvalue weighted by Gasteiger charge is 2.30. The number of aromatic nitrogens is 2. The van der Waals surface area contributed by atoms with Gasteiger partial charge in [-0.3, -0.25) is 14.5 Å². The summed E-state index contributed by atoms with van der Waals surface area (Å²) in [5, 5.41) is 0. The van der Waals surface area contributed by atoms with Crippen molar-refractivity contribution in [2.75, 3.05) is 0 Å². The molecule has 0 aromatic carbocycles. The first-order chi connectivity index (χ1) is 7.70. The van der Waals surface area contributed by atoms with Crippen molar-refractivity contribution in [3.05, 3.63) is 18.2 Å². The summed E-state index contributed by atoms with van der Waals surface area (Å²) in [6.07, 6.45) is 5.82. The average Bonchev–Trinajstić information content (AvgIpc) is 2.72. The number of likely N-dealkylation sites (tertiary alicyclic amines) is 1. The molecule has 5 nitrogen and oxygen atoms in total. The quantitative estimate of drug-likeness (QED) is 0.767. The number of hydrogen-bond donors (Lipinski definition) is 1. The van der Waals surface area contributed by atoms with Gasteiger partial charge >= 0.3 is 0 Å². The minimum Gasteiger partial charge on any atom is -0.347 e. The van der Waals surface area contributed by atoms with Crippen molar-refractivity contribution in [3.8, 4) is 0 Å². The number of imide groups is 1. The average molecular weight is 221 g/mol. The predicted molar refractivity (Wildman–Crippen MR) is 57.3 cm³/mol. The maximum atomic E-state index is 11.8. The number of imidazole rings is 1. The van der Waals surface area contributed by atoms with E-state index in [4.69, 9.17) is 0 Å². The largest absolute Gasteiger partial charge is 0.347 e. The summed E-state index contributed by atoms with van der Waals surface area (Å²) in [4.78, 5) is 32.0. The van der Waals surface area contributed by atoms with Gasteiger partial charge in [0.15, 0.2) is 0 Å². The summed E-state index contributed by atoms with van der Waals surface area (Å²) in [7, 11) is 0. The van der Waals surface area contributed by atoms with E-state index in [0.717, 1.165) is 12.8 Å². The number of carbonyl (C=O) groups is 2. The summed E-state index contributed by atoms with van der Waals surface area (Å²) in [5.74, 6) is 0.474. The molecule has 0 saturated carbocycles. The standard InChI is InChI=1S/C11H15N3O2/c1-8(11-12-6-7-13-11)14-9(15)4-2-3-5-10(14)16/h6-8H,2-5H2,1H3,(H,12,13). The van der Waals surface area contributed by atoms with Crippen LogP contribution in [0.2, 0.25) is 0 Å². The zero-order valence-corrected chi connectivity index (χ0v) is 9.27. The maximum absolute atomic E-state index is 11.8. The normalized spacial score (nSPS) is 19.7. The fourth-order valence-corrected chi connectivity index (χ4v) is 1.99. The third kappa shape index (κ3) is 1.98. The fourth-order valence-electron chi connectivity index (χ4n) is 1.99. The lowest BCUT2D eigenvalue weighted by molar-refractivity contribution is -0.146. The molecule has 0 aliphatic carbocycles. The molecule has 1 aliphatic heterocycles. The Morgan fingerprint density at radius 1 is 1.31 bits per heavy atom. The molecule has 5 heteroatoms. The highest BCUT2D eigenvalue weighted by Crippen LogP contribution is 2.22. The first-order valence-electron chi connectivity index (χ1n) is 5.54. The minimum absolute atomic E-state index is 0.0913. The van der Waals surface area contributed by atoms with Crippen LogP contribution < -0.4 is 0 Å². The van der Waals surface area contributed by atoms with Gasteiger partial charge in [0.1, 0.15) is 5.82 Å². The number of rotatable bonds is 2. The van der Waals surface area contributed by atoms with Crippen molar-refractivity contribution in [1.29, 1.82) is 0 Å². The van der Waals surface area contributed by atoms with E-state index in [9.17, 15) is 9.59 Å². The molecule has 0 spiro atoms. The molecule has 86 valence electrons. The van der Waals surface area contributed by atoms with Crippen molar-refractivity contribution in [3.63, 3.8) is 0 Å². The van der Waals surface area contributed by atoms with Gasteiger partial charge in [0.05, 0.1) is 6.04 Å². The summed E-state index contributed by atoms with van der Waals surface area (Å²) in [6, 6.07) is -0.298. The van der Waals surface area contributed by atoms with Gasteiger partial charge in [0.25, 0.3) is 0 Å². The highest BCUT2D eigenvalue weighted by molar-refractivity contribution is 5.96. The van der Waals surface area contributed by atoms with Gasteiger partial charge in [0, 0.05) is 25.2 Å². The monoisotopic (exact) mass is 221 g/mol. The van der Waals surface area contributed by atoms with Crippen LogP contribution >= 0.6 is 0 Å². The molecule has 1 aliphatic rings. The van der Waals surface area contributed by atoms with Gasteiger partial charge < -0.3 is 4.98 Å². The lowest BCUT2D eigenvalue weighted by Gasteiger charge is -2.24. The Morgan fingerprint density at radius 2 is 1.94 bits per heavy atom. The number of nitrogens with zero attached hydrogens (tertiary/aromatic N) is 2. The van der Waals surface area contributed by atoms with Crippen LogP contribution in [-0.4, -0.2) is 26.7 Å². The number of carbonyl (C=O) groups excluding carboxylic acids is 2. The molecule has 1 atom stereocenters. The number of nitrogens with one attached hydrogen (secondary N) is 1. The van der Waals surface area contributed by atoms with E-state index in [1.54, 1.807) is 12.4 Å². The van der Waals surface area contributed by atoms with E-state index in [1.807, 2.05) is 6.92 Å². The Bertz CT molecular complexity index is 368. The van der Waals surface area contributed by atoms with Gasteiger partial charge in [0.2, 0.25) is 11.8 Å². The molecule has 1 fully saturated rings. The van der Waals surface area contributed by atoms with Crippen LogP contribution in [0, 0.1) is 0 Å². The Labute approximate surface area is 93.9 Å². The van der Waals surface area contributed by atoms with Gasteiger partial charge in [-0.05, 0) is 19.8 Å². The van der Waals surface area contributed by atoms with Crippen LogP contribution in [0.5, 0.6) is 0 Å². The Hall–Kier alpha value is -1.65. The van der Waals surface area contributed by atoms with Crippen LogP contribution in [-0.2, 0) is 9.59 Å². The van der Waals surface area contributed by atoms with Crippen molar-refractivity contribution in [2.24, 2.45) is 0 Å². The van der Waals surface area contributed by atoms with E-state index in [1.165, 1.54) is 4.90 Å². The van der Waals surface area contributed by atoms with Gasteiger partial charge in [-0.2, -0.15) is 0 Å². The summed E-state index contributed by atoms with van der Waals surface area (Å²) in [5.41, 5.74) is 0. The number of amides is 2. The van der Waals surface area contributed by atoms with E-state index in [2.05, 4.69) is 9.97 Å². The van der Waals surface area contributed by atoms with Crippen LogP contribution in [0.1, 0.15) is 44.5 Å². The molecule has 2 amide bonds. The second-order valence-electron chi connectivity index (χ2n) is 4.01. The molecular weight excluding hydrogens is 206 g/mol. The molecule has 2 rings (SSSR count). The fraction of sp³-hybridized carbons (Fsp3) is 0.545. The van der Waals surface area contributed by atoms with E-state index in [0.29, 0.717) is 18.7 Å². The van der Waals surface area contributed by atoms with E-state index in [-0.39, 0.29) is 17.9 Å². The lowest BCUT2D eigenvalue weighted by atomic mass is 10.2. The second kappa shape index (κ2) is 4.47. The van der Waals surface area contributed by atoms with E-state index >= 15 is 0 Å². The van der Waals surface area contributed by atoms with Gasteiger partial charge in [-0.15, -0.1) is 0 Å². The molecule has 0 bridgehead atoms. The Balaban J connectivity index is 2.22. The summed E-state index contributed by atoms with van der Waals surface area (Å²) >= 11 is 0. The first kappa shape index (κ1) is 10.9. The maximum Gasteiger partial charge on any atom is 0.229 e. The molecular formula is C11H15N3O2. The molecule has 16 heavy (non-hydrogen) atoms. The van der Waals surface area contributed by atoms with E-state index < -0.39 is 0 Å². The van der Waals surface area contributed by atoms with Crippen LogP contribution in [0.15, 0.2) is 12.4 Å². The van der Waals surface area contributed by atoms with Crippen LogP contribution in [0.3, 0.4) is 0 Å². The number of hydrogen-bond acceptors (Lipinski definition) is 3. The third-order valence-electron chi connectivity index (χ3n) is 2.87. The number of H-pyrrole nitrogens is 1. The SMILES string of the molecule is CC(c1ncc[nH]1)N1C(=O)CCCCC1=O. The Kier molecular flexibility index (Phi) is 3.03. The summed E-state index contributed by atoms with van der Waals surface area (Å²) in [6.45, 7) is 1.82. The van der Waals surface area contributed by atoms with Crippen LogP contribution in [0.25, 0.3) is 0 Å². The zero-order chi connectivity index (χ0) is 11.5. The first-order valence-corrected chi connectivity index (χ1v) is 5.54. The number of aromatic amines is 1. The van der Waals surface area contributed by atoms with Crippen molar-refractivity contribution >= 4 is 11.8 Å². The smallest absolute Gasteiger partial charge is 0.229 e. The molecule has 1 N–H and O–H groups in total. The molecule has 2 heterocycles. The molecule has 1 saturated heterocycles. The topological polar surface area (TPSA) is 66.1 Å². The minimum atomic E-state index is -0.298. The van der Waals surface area contributed by atoms with Gasteiger partial charge in [-0.25, -0.2) is 4.98 Å². The van der Waals surface area contributed by atoms with Gasteiger partial charge in [-0.1, -0.05) is 0 Å². The van der Waals surface area contributed by atoms with Crippen molar-refractivity contribution in [2.45, 2.75) is 38.6 Å². The molecule has 1 unspecified atom stereocenters. The Morgan fingerprint density at radius 3 is 2.44 bits per heavy atom. The second-order valence-corrected chi connectivity index (χ2v) is 4.01.